The van der Waals surface area contributed by atoms with E-state index in [1.165, 1.54) is 11.3 Å². The maximum atomic E-state index is 12.9. The van der Waals surface area contributed by atoms with Crippen LogP contribution in [0.25, 0.3) is 0 Å². The molecule has 0 saturated carbocycles. The molecular weight excluding hydrogens is 360 g/mol. The molecule has 0 radical (unpaired) electrons. The molecular formula is C24H26N4O. The van der Waals surface area contributed by atoms with E-state index < -0.39 is 0 Å². The van der Waals surface area contributed by atoms with Crippen LogP contribution in [-0.4, -0.2) is 44.1 Å². The summed E-state index contributed by atoms with van der Waals surface area (Å²) in [5, 5.41) is 0. The number of pyridine rings is 1. The van der Waals surface area contributed by atoms with Gasteiger partial charge >= 0.3 is 0 Å². The number of anilines is 3. The van der Waals surface area contributed by atoms with E-state index in [0.29, 0.717) is 5.56 Å². The molecule has 1 fully saturated rings. The van der Waals surface area contributed by atoms with Crippen molar-refractivity contribution in [3.05, 3.63) is 84.1 Å². The van der Waals surface area contributed by atoms with Crippen LogP contribution in [0.5, 0.6) is 0 Å². The van der Waals surface area contributed by atoms with Crippen LogP contribution in [0, 0.1) is 6.92 Å². The molecule has 5 nitrogen and oxygen atoms in total. The van der Waals surface area contributed by atoms with Gasteiger partial charge in [0, 0.05) is 56.4 Å². The van der Waals surface area contributed by atoms with Gasteiger partial charge in [0.1, 0.15) is 5.82 Å². The second-order valence-corrected chi connectivity index (χ2v) is 7.42. The van der Waals surface area contributed by atoms with Crippen molar-refractivity contribution in [1.82, 2.24) is 4.98 Å². The number of piperazine rings is 1. The molecule has 0 spiro atoms. The normalized spacial score (nSPS) is 14.0. The van der Waals surface area contributed by atoms with Crippen molar-refractivity contribution in [3.63, 3.8) is 0 Å². The monoisotopic (exact) mass is 386 g/mol. The molecule has 0 bridgehead atoms. The minimum atomic E-state index is -0.0294. The van der Waals surface area contributed by atoms with Crippen LogP contribution in [0.1, 0.15) is 15.9 Å². The maximum Gasteiger partial charge on any atom is 0.258 e. The first-order valence-corrected chi connectivity index (χ1v) is 9.97. The quantitative estimate of drug-likeness (QED) is 0.680. The first kappa shape index (κ1) is 19.0. The summed E-state index contributed by atoms with van der Waals surface area (Å²) in [5.74, 6) is 0.833. The number of amides is 1. The van der Waals surface area contributed by atoms with Crippen LogP contribution < -0.4 is 14.7 Å². The lowest BCUT2D eigenvalue weighted by Crippen LogP contribution is -2.46. The van der Waals surface area contributed by atoms with Gasteiger partial charge in [-0.3, -0.25) is 4.79 Å². The number of carbonyl (C=O) groups is 1. The summed E-state index contributed by atoms with van der Waals surface area (Å²) in [6.07, 6.45) is 1.73. The summed E-state index contributed by atoms with van der Waals surface area (Å²) in [4.78, 5) is 23.8. The zero-order valence-electron chi connectivity index (χ0n) is 17.0. The van der Waals surface area contributed by atoms with Crippen molar-refractivity contribution >= 4 is 23.1 Å². The SMILES string of the molecule is Cc1cccc(N2CCN(c3cc(C(=O)N(C)c4ccccc4)ccn3)CC2)c1. The Balaban J connectivity index is 1.45. The van der Waals surface area contributed by atoms with Crippen LogP contribution in [0.4, 0.5) is 17.2 Å². The van der Waals surface area contributed by atoms with Crippen LogP contribution in [0.3, 0.4) is 0 Å². The van der Waals surface area contributed by atoms with Crippen molar-refractivity contribution in [2.75, 3.05) is 47.9 Å². The van der Waals surface area contributed by atoms with Crippen molar-refractivity contribution in [3.8, 4) is 0 Å². The standard InChI is InChI=1S/C24H26N4O/c1-19-7-6-10-22(17-19)27-13-15-28(16-14-27)23-18-20(11-12-25-23)24(29)26(2)21-8-4-3-5-9-21/h3-12,17-18H,13-16H2,1-2H3. The van der Waals surface area contributed by atoms with E-state index in [2.05, 4.69) is 46.0 Å². The molecule has 148 valence electrons. The Kier molecular flexibility index (Phi) is 5.47. The Morgan fingerprint density at radius 3 is 2.34 bits per heavy atom. The zero-order chi connectivity index (χ0) is 20.2. The number of nitrogens with zero attached hydrogens (tertiary/aromatic N) is 4. The Bertz CT molecular complexity index is 981. The fraction of sp³-hybridized carbons (Fsp3) is 0.250. The molecule has 2 aromatic carbocycles. The van der Waals surface area contributed by atoms with Gasteiger partial charge in [0.2, 0.25) is 0 Å². The second-order valence-electron chi connectivity index (χ2n) is 7.42. The van der Waals surface area contributed by atoms with E-state index in [-0.39, 0.29) is 5.91 Å². The van der Waals surface area contributed by atoms with E-state index in [1.807, 2.05) is 36.4 Å². The van der Waals surface area contributed by atoms with Crippen molar-refractivity contribution < 1.29 is 4.79 Å². The number of rotatable bonds is 4. The lowest BCUT2D eigenvalue weighted by atomic mass is 10.1. The number of hydrogen-bond acceptors (Lipinski definition) is 4. The zero-order valence-corrected chi connectivity index (χ0v) is 17.0. The highest BCUT2D eigenvalue weighted by molar-refractivity contribution is 6.06. The van der Waals surface area contributed by atoms with Gasteiger partial charge in [-0.15, -0.1) is 0 Å². The Morgan fingerprint density at radius 2 is 1.62 bits per heavy atom. The Labute approximate surface area is 172 Å². The van der Waals surface area contributed by atoms with Crippen molar-refractivity contribution in [1.29, 1.82) is 0 Å². The number of aromatic nitrogens is 1. The number of aryl methyl sites for hydroxylation is 1. The van der Waals surface area contributed by atoms with E-state index in [4.69, 9.17) is 0 Å². The molecule has 1 saturated heterocycles. The highest BCUT2D eigenvalue weighted by Gasteiger charge is 2.20. The molecule has 0 unspecified atom stereocenters. The number of hydrogen-bond donors (Lipinski definition) is 0. The highest BCUT2D eigenvalue weighted by atomic mass is 16.2. The van der Waals surface area contributed by atoms with E-state index in [9.17, 15) is 4.79 Å². The summed E-state index contributed by atoms with van der Waals surface area (Å²) in [6, 6.07) is 22.0. The maximum absolute atomic E-state index is 12.9. The third kappa shape index (κ3) is 4.24. The average molecular weight is 386 g/mol. The third-order valence-electron chi connectivity index (χ3n) is 5.41. The predicted octanol–water partition coefficient (Wildman–Crippen LogP) is 3.99. The molecule has 0 aliphatic carbocycles. The molecule has 0 atom stereocenters. The number of carbonyl (C=O) groups excluding carboxylic acids is 1. The summed E-state index contributed by atoms with van der Waals surface area (Å²) >= 11 is 0. The van der Waals surface area contributed by atoms with Gasteiger partial charge < -0.3 is 14.7 Å². The molecule has 1 aliphatic heterocycles. The first-order chi connectivity index (χ1) is 14.1. The predicted molar refractivity (Wildman–Crippen MR) is 119 cm³/mol. The van der Waals surface area contributed by atoms with Gasteiger partial charge in [-0.05, 0) is 48.9 Å². The minimum Gasteiger partial charge on any atom is -0.368 e. The first-order valence-electron chi connectivity index (χ1n) is 9.97. The molecule has 2 heterocycles. The van der Waals surface area contributed by atoms with E-state index in [1.54, 1.807) is 24.2 Å². The van der Waals surface area contributed by atoms with Gasteiger partial charge in [-0.25, -0.2) is 4.98 Å². The third-order valence-corrected chi connectivity index (χ3v) is 5.41. The highest BCUT2D eigenvalue weighted by Crippen LogP contribution is 2.22. The smallest absolute Gasteiger partial charge is 0.258 e. The topological polar surface area (TPSA) is 39.7 Å². The van der Waals surface area contributed by atoms with Crippen molar-refractivity contribution in [2.45, 2.75) is 6.92 Å². The molecule has 5 heteroatoms. The summed E-state index contributed by atoms with van der Waals surface area (Å²) < 4.78 is 0. The average Bonchev–Trinajstić information content (AvgIpc) is 2.79. The molecule has 1 aliphatic rings. The van der Waals surface area contributed by atoms with Crippen LogP contribution in [0.2, 0.25) is 0 Å². The van der Waals surface area contributed by atoms with Crippen molar-refractivity contribution in [2.24, 2.45) is 0 Å². The number of para-hydroxylation sites is 1. The molecule has 4 rings (SSSR count). The minimum absolute atomic E-state index is 0.0294. The molecule has 3 aromatic rings. The van der Waals surface area contributed by atoms with E-state index >= 15 is 0 Å². The Morgan fingerprint density at radius 1 is 0.897 bits per heavy atom. The Hall–Kier alpha value is -3.34. The molecule has 29 heavy (non-hydrogen) atoms. The van der Waals surface area contributed by atoms with E-state index in [0.717, 1.165) is 37.7 Å². The molecule has 1 aromatic heterocycles. The fourth-order valence-electron chi connectivity index (χ4n) is 3.71. The van der Waals surface area contributed by atoms with Gasteiger partial charge in [0.25, 0.3) is 5.91 Å². The number of benzene rings is 2. The lowest BCUT2D eigenvalue weighted by Gasteiger charge is -2.37. The van der Waals surface area contributed by atoms with Gasteiger partial charge in [0.05, 0.1) is 0 Å². The summed E-state index contributed by atoms with van der Waals surface area (Å²) in [5.41, 5.74) is 4.08. The molecule has 1 amide bonds. The van der Waals surface area contributed by atoms with Gasteiger partial charge in [-0.2, -0.15) is 0 Å². The molecule has 0 N–H and O–H groups in total. The van der Waals surface area contributed by atoms with Crippen LogP contribution in [-0.2, 0) is 0 Å². The summed E-state index contributed by atoms with van der Waals surface area (Å²) in [6.45, 7) is 5.76. The van der Waals surface area contributed by atoms with Crippen LogP contribution >= 0.6 is 0 Å². The van der Waals surface area contributed by atoms with Gasteiger partial charge in [-0.1, -0.05) is 30.3 Å². The van der Waals surface area contributed by atoms with Crippen LogP contribution in [0.15, 0.2) is 72.9 Å². The fourth-order valence-corrected chi connectivity index (χ4v) is 3.71. The summed E-state index contributed by atoms with van der Waals surface area (Å²) in [7, 11) is 1.80. The van der Waals surface area contributed by atoms with Gasteiger partial charge in [0.15, 0.2) is 0 Å². The largest absolute Gasteiger partial charge is 0.368 e. The second kappa shape index (κ2) is 8.35. The lowest BCUT2D eigenvalue weighted by molar-refractivity contribution is 0.0993.